The van der Waals surface area contributed by atoms with Gasteiger partial charge in [-0.2, -0.15) is 0 Å². The van der Waals surface area contributed by atoms with Gasteiger partial charge in [0.1, 0.15) is 0 Å². The van der Waals surface area contributed by atoms with Gasteiger partial charge < -0.3 is 14.4 Å². The van der Waals surface area contributed by atoms with Crippen LogP contribution in [0.15, 0.2) is 18.2 Å². The summed E-state index contributed by atoms with van der Waals surface area (Å²) >= 11 is 5.66. The first-order valence-electron chi connectivity index (χ1n) is 5.81. The first-order valence-corrected chi connectivity index (χ1v) is 6.35. The van der Waals surface area contributed by atoms with Gasteiger partial charge in [-0.3, -0.25) is 4.79 Å². The van der Waals surface area contributed by atoms with E-state index in [0.29, 0.717) is 25.6 Å². The highest BCUT2D eigenvalue weighted by molar-refractivity contribution is 6.18. The zero-order valence-electron chi connectivity index (χ0n) is 11.0. The summed E-state index contributed by atoms with van der Waals surface area (Å²) in [5, 5.41) is 0. The maximum atomic E-state index is 13.6. The molecule has 19 heavy (non-hydrogen) atoms. The number of nitrogens with zero attached hydrogens (tertiary/aromatic N) is 1. The second-order valence-electron chi connectivity index (χ2n) is 3.82. The Kier molecular flexibility index (Phi) is 6.59. The third-order valence-electron chi connectivity index (χ3n) is 2.61. The molecular weight excluding hydrogens is 273 g/mol. The van der Waals surface area contributed by atoms with Crippen LogP contribution in [0.5, 0.6) is 5.75 Å². The fourth-order valence-corrected chi connectivity index (χ4v) is 1.80. The van der Waals surface area contributed by atoms with Gasteiger partial charge in [0.25, 0.3) is 5.91 Å². The van der Waals surface area contributed by atoms with Crippen molar-refractivity contribution < 1.29 is 18.7 Å². The Hall–Kier alpha value is -1.33. The maximum absolute atomic E-state index is 13.6. The molecule has 1 aromatic rings. The van der Waals surface area contributed by atoms with Crippen LogP contribution in [0.4, 0.5) is 4.39 Å². The second kappa shape index (κ2) is 7.96. The Morgan fingerprint density at radius 2 is 2.11 bits per heavy atom. The molecule has 0 unspecified atom stereocenters. The molecule has 0 aliphatic heterocycles. The van der Waals surface area contributed by atoms with Gasteiger partial charge in [0.2, 0.25) is 0 Å². The van der Waals surface area contributed by atoms with Crippen LogP contribution in [-0.4, -0.2) is 50.6 Å². The number of alkyl halides is 1. The van der Waals surface area contributed by atoms with Crippen molar-refractivity contribution in [3.63, 3.8) is 0 Å². The van der Waals surface area contributed by atoms with E-state index in [1.807, 2.05) is 0 Å². The van der Waals surface area contributed by atoms with E-state index in [2.05, 4.69) is 0 Å². The number of benzene rings is 1. The van der Waals surface area contributed by atoms with Gasteiger partial charge in [0.05, 0.1) is 13.7 Å². The van der Waals surface area contributed by atoms with Crippen LogP contribution in [0.3, 0.4) is 0 Å². The van der Waals surface area contributed by atoms with Crippen LogP contribution in [0.1, 0.15) is 10.4 Å². The van der Waals surface area contributed by atoms with E-state index in [1.165, 1.54) is 24.1 Å². The molecule has 6 heteroatoms. The van der Waals surface area contributed by atoms with E-state index in [-0.39, 0.29) is 17.2 Å². The van der Waals surface area contributed by atoms with Crippen LogP contribution in [-0.2, 0) is 4.74 Å². The predicted molar refractivity (Wildman–Crippen MR) is 71.5 cm³/mol. The quantitative estimate of drug-likeness (QED) is 0.722. The number of hydrogen-bond acceptors (Lipinski definition) is 3. The number of methoxy groups -OCH3 is 2. The third-order valence-corrected chi connectivity index (χ3v) is 2.77. The second-order valence-corrected chi connectivity index (χ2v) is 4.20. The van der Waals surface area contributed by atoms with Gasteiger partial charge >= 0.3 is 0 Å². The van der Waals surface area contributed by atoms with Crippen molar-refractivity contribution in [2.24, 2.45) is 0 Å². The molecule has 1 aromatic carbocycles. The Balaban J connectivity index is 2.86. The molecule has 0 saturated carbocycles. The monoisotopic (exact) mass is 289 g/mol. The van der Waals surface area contributed by atoms with E-state index >= 15 is 0 Å². The maximum Gasteiger partial charge on any atom is 0.254 e. The zero-order chi connectivity index (χ0) is 14.3. The topological polar surface area (TPSA) is 38.8 Å². The lowest BCUT2D eigenvalue weighted by molar-refractivity contribution is 0.0707. The summed E-state index contributed by atoms with van der Waals surface area (Å²) in [4.78, 5) is 13.7. The Morgan fingerprint density at radius 1 is 1.37 bits per heavy atom. The first-order chi connectivity index (χ1) is 9.13. The third kappa shape index (κ3) is 4.36. The van der Waals surface area contributed by atoms with Gasteiger partial charge in [-0.15, -0.1) is 11.6 Å². The molecule has 0 aliphatic rings. The van der Waals surface area contributed by atoms with Crippen molar-refractivity contribution in [1.29, 1.82) is 0 Å². The van der Waals surface area contributed by atoms with E-state index in [9.17, 15) is 9.18 Å². The molecule has 1 rings (SSSR count). The minimum absolute atomic E-state index is 0.109. The summed E-state index contributed by atoms with van der Waals surface area (Å²) in [6.07, 6.45) is 0. The van der Waals surface area contributed by atoms with Gasteiger partial charge in [-0.1, -0.05) is 0 Å². The van der Waals surface area contributed by atoms with Crippen LogP contribution < -0.4 is 4.74 Å². The largest absolute Gasteiger partial charge is 0.494 e. The zero-order valence-corrected chi connectivity index (χ0v) is 11.7. The molecule has 0 saturated heterocycles. The van der Waals surface area contributed by atoms with E-state index in [4.69, 9.17) is 21.1 Å². The molecule has 0 aromatic heterocycles. The summed E-state index contributed by atoms with van der Waals surface area (Å²) in [7, 11) is 2.93. The van der Waals surface area contributed by atoms with E-state index < -0.39 is 5.82 Å². The molecule has 0 bridgehead atoms. The van der Waals surface area contributed by atoms with Crippen molar-refractivity contribution in [1.82, 2.24) is 4.90 Å². The summed E-state index contributed by atoms with van der Waals surface area (Å²) in [6, 6.07) is 4.12. The van der Waals surface area contributed by atoms with Crippen molar-refractivity contribution in [2.45, 2.75) is 0 Å². The number of rotatable bonds is 7. The molecular formula is C13H17ClFNO3. The van der Waals surface area contributed by atoms with Gasteiger partial charge in [0, 0.05) is 31.6 Å². The molecule has 0 atom stereocenters. The fraction of sp³-hybridized carbons (Fsp3) is 0.462. The van der Waals surface area contributed by atoms with Crippen LogP contribution in [0.25, 0.3) is 0 Å². The van der Waals surface area contributed by atoms with Gasteiger partial charge in [0.15, 0.2) is 11.6 Å². The van der Waals surface area contributed by atoms with Crippen molar-refractivity contribution in [3.8, 4) is 5.75 Å². The number of ether oxygens (including phenoxy) is 2. The number of amides is 1. The number of carbonyl (C=O) groups excluding carboxylic acids is 1. The van der Waals surface area contributed by atoms with Crippen molar-refractivity contribution in [3.05, 3.63) is 29.6 Å². The molecule has 0 radical (unpaired) electrons. The SMILES string of the molecule is COCCN(CCCl)C(=O)c1ccc(OC)c(F)c1. The molecule has 0 heterocycles. The van der Waals surface area contributed by atoms with E-state index in [0.717, 1.165) is 6.07 Å². The molecule has 4 nitrogen and oxygen atoms in total. The molecule has 0 fully saturated rings. The lowest BCUT2D eigenvalue weighted by Gasteiger charge is -2.21. The fourth-order valence-electron chi connectivity index (χ4n) is 1.60. The Bertz CT molecular complexity index is 428. The number of carbonyl (C=O) groups is 1. The summed E-state index contributed by atoms with van der Waals surface area (Å²) in [5.74, 6) is -0.420. The van der Waals surface area contributed by atoms with Crippen LogP contribution >= 0.6 is 11.6 Å². The Morgan fingerprint density at radius 3 is 2.63 bits per heavy atom. The summed E-state index contributed by atoms with van der Waals surface area (Å²) in [5.41, 5.74) is 0.263. The summed E-state index contributed by atoms with van der Waals surface area (Å²) in [6.45, 7) is 1.20. The highest BCUT2D eigenvalue weighted by atomic mass is 35.5. The highest BCUT2D eigenvalue weighted by Crippen LogP contribution is 2.18. The minimum atomic E-state index is -0.564. The molecule has 1 amide bonds. The van der Waals surface area contributed by atoms with Gasteiger partial charge in [-0.25, -0.2) is 4.39 Å². The average Bonchev–Trinajstić information content (AvgIpc) is 2.42. The standard InChI is InChI=1S/C13H17ClFNO3/c1-18-8-7-16(6-5-14)13(17)10-3-4-12(19-2)11(15)9-10/h3-4,9H,5-8H2,1-2H3. The first kappa shape index (κ1) is 15.7. The lowest BCUT2D eigenvalue weighted by Crippen LogP contribution is -2.35. The highest BCUT2D eigenvalue weighted by Gasteiger charge is 2.16. The predicted octanol–water partition coefficient (Wildman–Crippen LogP) is 2.16. The minimum Gasteiger partial charge on any atom is -0.494 e. The van der Waals surface area contributed by atoms with Crippen molar-refractivity contribution in [2.75, 3.05) is 39.8 Å². The molecule has 0 N–H and O–H groups in total. The molecule has 106 valence electrons. The van der Waals surface area contributed by atoms with Crippen molar-refractivity contribution >= 4 is 17.5 Å². The lowest BCUT2D eigenvalue weighted by atomic mass is 10.2. The molecule has 0 spiro atoms. The van der Waals surface area contributed by atoms with Gasteiger partial charge in [-0.05, 0) is 18.2 Å². The number of halogens is 2. The molecule has 0 aliphatic carbocycles. The van der Waals surface area contributed by atoms with E-state index in [1.54, 1.807) is 7.11 Å². The van der Waals surface area contributed by atoms with Crippen LogP contribution in [0.2, 0.25) is 0 Å². The number of hydrogen-bond donors (Lipinski definition) is 0. The Labute approximate surface area is 117 Å². The summed E-state index contributed by atoms with van der Waals surface area (Å²) < 4.78 is 23.3. The average molecular weight is 290 g/mol. The normalized spacial score (nSPS) is 10.3. The smallest absolute Gasteiger partial charge is 0.254 e. The van der Waals surface area contributed by atoms with Crippen LogP contribution in [0, 0.1) is 5.82 Å².